The Bertz CT molecular complexity index is 654. The Balaban J connectivity index is 1.78. The molecule has 3 rings (SSSR count). The van der Waals surface area contributed by atoms with Crippen molar-refractivity contribution >= 4 is 17.3 Å². The van der Waals surface area contributed by atoms with E-state index in [2.05, 4.69) is 23.3 Å². The molecule has 0 aliphatic carbocycles. The number of carbonyl (C=O) groups excluding carboxylic acids is 1. The number of pyridine rings is 1. The van der Waals surface area contributed by atoms with E-state index in [1.165, 1.54) is 11.1 Å². The van der Waals surface area contributed by atoms with E-state index in [-0.39, 0.29) is 11.9 Å². The molecule has 2 aromatic rings. The van der Waals surface area contributed by atoms with Crippen molar-refractivity contribution in [3.63, 3.8) is 0 Å². The summed E-state index contributed by atoms with van der Waals surface area (Å²) in [5.41, 5.74) is 4.57. The smallest absolute Gasteiger partial charge is 0.223 e. The second-order valence-electron chi connectivity index (χ2n) is 5.41. The lowest BCUT2D eigenvalue weighted by molar-refractivity contribution is -0.116. The number of rotatable bonds is 3. The number of nitrogens with one attached hydrogen (secondary N) is 1. The van der Waals surface area contributed by atoms with Crippen LogP contribution in [0.2, 0.25) is 0 Å². The van der Waals surface area contributed by atoms with E-state index < -0.39 is 0 Å². The zero-order valence-electron chi connectivity index (χ0n) is 12.3. The first-order valence-electron chi connectivity index (χ1n) is 7.22. The van der Waals surface area contributed by atoms with E-state index in [0.29, 0.717) is 0 Å². The van der Waals surface area contributed by atoms with E-state index in [1.54, 1.807) is 19.3 Å². The van der Waals surface area contributed by atoms with Crippen LogP contribution in [0.3, 0.4) is 0 Å². The Morgan fingerprint density at radius 1 is 1.29 bits per heavy atom. The molecule has 0 spiro atoms. The van der Waals surface area contributed by atoms with Crippen molar-refractivity contribution in [2.45, 2.75) is 26.3 Å². The summed E-state index contributed by atoms with van der Waals surface area (Å²) in [7, 11) is 0. The third-order valence-corrected chi connectivity index (χ3v) is 3.94. The number of aromatic nitrogens is 1. The van der Waals surface area contributed by atoms with Crippen LogP contribution in [0.5, 0.6) is 0 Å². The zero-order valence-corrected chi connectivity index (χ0v) is 12.3. The third kappa shape index (κ3) is 2.75. The summed E-state index contributed by atoms with van der Waals surface area (Å²) in [6.45, 7) is 4.53. The van der Waals surface area contributed by atoms with Crippen molar-refractivity contribution in [1.82, 2.24) is 4.98 Å². The standard InChI is InChI=1S/C17H19N3O/c1-12(14-5-8-18-9-6-14)19-16-3-4-17-15(11-16)7-10-20(17)13(2)21/h3-6,8-9,11-12,19H,7,10H2,1-2H3. The molecule has 4 nitrogen and oxygen atoms in total. The van der Waals surface area contributed by atoms with E-state index in [9.17, 15) is 4.79 Å². The lowest BCUT2D eigenvalue weighted by Crippen LogP contribution is -2.25. The summed E-state index contributed by atoms with van der Waals surface area (Å²) in [5, 5.41) is 3.50. The minimum atomic E-state index is 0.111. The molecule has 2 heterocycles. The van der Waals surface area contributed by atoms with Gasteiger partial charge >= 0.3 is 0 Å². The Hall–Kier alpha value is -2.36. The van der Waals surface area contributed by atoms with Crippen LogP contribution in [-0.2, 0) is 11.2 Å². The van der Waals surface area contributed by atoms with Crippen molar-refractivity contribution in [2.24, 2.45) is 0 Å². The second-order valence-corrected chi connectivity index (χ2v) is 5.41. The average molecular weight is 281 g/mol. The Morgan fingerprint density at radius 3 is 2.76 bits per heavy atom. The molecule has 1 aromatic heterocycles. The highest BCUT2D eigenvalue weighted by atomic mass is 16.2. The van der Waals surface area contributed by atoms with Crippen LogP contribution in [0.25, 0.3) is 0 Å². The zero-order chi connectivity index (χ0) is 14.8. The molecule has 1 amide bonds. The fourth-order valence-corrected chi connectivity index (χ4v) is 2.80. The van der Waals surface area contributed by atoms with Crippen LogP contribution < -0.4 is 10.2 Å². The van der Waals surface area contributed by atoms with Gasteiger partial charge in [-0.05, 0) is 54.8 Å². The molecular formula is C17H19N3O. The monoisotopic (exact) mass is 281 g/mol. The molecule has 21 heavy (non-hydrogen) atoms. The fourth-order valence-electron chi connectivity index (χ4n) is 2.80. The SMILES string of the molecule is CC(=O)N1CCc2cc(NC(C)c3ccncc3)ccc21. The largest absolute Gasteiger partial charge is 0.379 e. The van der Waals surface area contributed by atoms with Crippen molar-refractivity contribution < 1.29 is 4.79 Å². The van der Waals surface area contributed by atoms with E-state index in [4.69, 9.17) is 0 Å². The summed E-state index contributed by atoms with van der Waals surface area (Å²) in [6.07, 6.45) is 4.54. The van der Waals surface area contributed by atoms with E-state index in [0.717, 1.165) is 24.3 Å². The number of carbonyl (C=O) groups is 1. The average Bonchev–Trinajstić information content (AvgIpc) is 2.91. The molecule has 1 atom stereocenters. The van der Waals surface area contributed by atoms with Crippen LogP contribution in [0.1, 0.15) is 31.0 Å². The summed E-state index contributed by atoms with van der Waals surface area (Å²) in [5.74, 6) is 0.111. The van der Waals surface area contributed by atoms with Gasteiger partial charge in [-0.1, -0.05) is 0 Å². The summed E-state index contributed by atoms with van der Waals surface area (Å²) in [6, 6.07) is 10.5. The van der Waals surface area contributed by atoms with Gasteiger partial charge in [0.05, 0.1) is 0 Å². The summed E-state index contributed by atoms with van der Waals surface area (Å²) in [4.78, 5) is 17.4. The first kappa shape index (κ1) is 13.6. The molecule has 1 unspecified atom stereocenters. The van der Waals surface area contributed by atoms with E-state index >= 15 is 0 Å². The van der Waals surface area contributed by atoms with Gasteiger partial charge in [0.1, 0.15) is 0 Å². The molecule has 4 heteroatoms. The number of amides is 1. The third-order valence-electron chi connectivity index (χ3n) is 3.94. The maximum absolute atomic E-state index is 11.6. The van der Waals surface area contributed by atoms with E-state index in [1.807, 2.05) is 29.2 Å². The van der Waals surface area contributed by atoms with Crippen LogP contribution in [-0.4, -0.2) is 17.4 Å². The number of fused-ring (bicyclic) bond motifs is 1. The minimum Gasteiger partial charge on any atom is -0.379 e. The molecule has 0 radical (unpaired) electrons. The van der Waals surface area contributed by atoms with Crippen molar-refractivity contribution in [3.05, 3.63) is 53.9 Å². The second kappa shape index (κ2) is 5.56. The molecule has 0 saturated heterocycles. The normalized spacial score (nSPS) is 14.7. The van der Waals surface area contributed by atoms with Crippen LogP contribution in [0, 0.1) is 0 Å². The first-order chi connectivity index (χ1) is 10.1. The number of hydrogen-bond acceptors (Lipinski definition) is 3. The Kier molecular flexibility index (Phi) is 3.60. The Morgan fingerprint density at radius 2 is 2.05 bits per heavy atom. The van der Waals surface area contributed by atoms with Gasteiger partial charge in [-0.15, -0.1) is 0 Å². The van der Waals surface area contributed by atoms with Gasteiger partial charge in [0.2, 0.25) is 5.91 Å². The molecule has 1 aliphatic heterocycles. The molecule has 0 fully saturated rings. The highest BCUT2D eigenvalue weighted by molar-refractivity contribution is 5.94. The highest BCUT2D eigenvalue weighted by Crippen LogP contribution is 2.31. The first-order valence-corrected chi connectivity index (χ1v) is 7.22. The van der Waals surface area contributed by atoms with Gasteiger partial charge in [0.15, 0.2) is 0 Å². The molecule has 108 valence electrons. The minimum absolute atomic E-state index is 0.111. The predicted molar refractivity (Wildman–Crippen MR) is 84.4 cm³/mol. The lowest BCUT2D eigenvalue weighted by Gasteiger charge is -2.18. The number of hydrogen-bond donors (Lipinski definition) is 1. The number of benzene rings is 1. The maximum atomic E-state index is 11.6. The van der Waals surface area contributed by atoms with Crippen molar-refractivity contribution in [1.29, 1.82) is 0 Å². The molecule has 0 bridgehead atoms. The number of nitrogens with zero attached hydrogens (tertiary/aromatic N) is 2. The molecule has 1 N–H and O–H groups in total. The molecular weight excluding hydrogens is 262 g/mol. The fraction of sp³-hybridized carbons (Fsp3) is 0.294. The Labute approximate surface area is 124 Å². The summed E-state index contributed by atoms with van der Waals surface area (Å²) < 4.78 is 0. The van der Waals surface area contributed by atoms with Gasteiger partial charge < -0.3 is 10.2 Å². The quantitative estimate of drug-likeness (QED) is 0.940. The van der Waals surface area contributed by atoms with Gasteiger partial charge in [0, 0.05) is 43.3 Å². The van der Waals surface area contributed by atoms with Gasteiger partial charge in [-0.2, -0.15) is 0 Å². The maximum Gasteiger partial charge on any atom is 0.223 e. The van der Waals surface area contributed by atoms with Crippen LogP contribution in [0.4, 0.5) is 11.4 Å². The van der Waals surface area contributed by atoms with Crippen LogP contribution in [0.15, 0.2) is 42.7 Å². The molecule has 1 aliphatic rings. The molecule has 0 saturated carbocycles. The van der Waals surface area contributed by atoms with Gasteiger partial charge in [-0.3, -0.25) is 9.78 Å². The van der Waals surface area contributed by atoms with Crippen molar-refractivity contribution in [3.8, 4) is 0 Å². The van der Waals surface area contributed by atoms with Crippen LogP contribution >= 0.6 is 0 Å². The lowest BCUT2D eigenvalue weighted by atomic mass is 10.1. The van der Waals surface area contributed by atoms with Gasteiger partial charge in [0.25, 0.3) is 0 Å². The number of anilines is 2. The molecule has 1 aromatic carbocycles. The predicted octanol–water partition coefficient (Wildman–Crippen LogP) is 3.16. The van der Waals surface area contributed by atoms with Gasteiger partial charge in [-0.25, -0.2) is 0 Å². The highest BCUT2D eigenvalue weighted by Gasteiger charge is 2.22. The van der Waals surface area contributed by atoms with Crippen molar-refractivity contribution in [2.75, 3.05) is 16.8 Å². The topological polar surface area (TPSA) is 45.2 Å². The summed E-state index contributed by atoms with van der Waals surface area (Å²) >= 11 is 0.